The largest absolute Gasteiger partial charge is 0.294 e. The van der Waals surface area contributed by atoms with Crippen LogP contribution in [0.1, 0.15) is 15.9 Å². The van der Waals surface area contributed by atoms with Crippen LogP contribution in [0.4, 0.5) is 0 Å². The highest BCUT2D eigenvalue weighted by Gasteiger charge is 2.15. The summed E-state index contributed by atoms with van der Waals surface area (Å²) in [6.07, 6.45) is 0.120. The van der Waals surface area contributed by atoms with Crippen molar-refractivity contribution in [3.8, 4) is 0 Å². The predicted molar refractivity (Wildman–Crippen MR) is 83.6 cm³/mol. The fraction of sp³-hybridized carbons (Fsp3) is 0.0714. The van der Waals surface area contributed by atoms with Gasteiger partial charge in [0.05, 0.1) is 5.02 Å². The number of benzene rings is 2. The van der Waals surface area contributed by atoms with Gasteiger partial charge in [0.25, 0.3) is 0 Å². The maximum atomic E-state index is 12.3. The van der Waals surface area contributed by atoms with Gasteiger partial charge in [-0.15, -0.1) is 0 Å². The van der Waals surface area contributed by atoms with Crippen LogP contribution in [-0.4, -0.2) is 5.78 Å². The van der Waals surface area contributed by atoms with Crippen LogP contribution in [0.5, 0.6) is 0 Å². The van der Waals surface area contributed by atoms with Gasteiger partial charge in [-0.2, -0.15) is 0 Å². The number of halogens is 4. The third kappa shape index (κ3) is 3.51. The van der Waals surface area contributed by atoms with Crippen LogP contribution in [-0.2, 0) is 6.42 Å². The summed E-state index contributed by atoms with van der Waals surface area (Å²) in [6, 6.07) is 10.3. The highest BCUT2D eigenvalue weighted by atomic mass is 79.9. The molecule has 0 atom stereocenters. The monoisotopic (exact) mass is 376 g/mol. The summed E-state index contributed by atoms with van der Waals surface area (Å²) in [5.41, 5.74) is 1.07. The summed E-state index contributed by atoms with van der Waals surface area (Å²) in [4.78, 5) is 12.3. The Bertz CT molecular complexity index is 620. The van der Waals surface area contributed by atoms with Gasteiger partial charge >= 0.3 is 0 Å². The number of hydrogen-bond donors (Lipinski definition) is 0. The topological polar surface area (TPSA) is 17.1 Å². The molecule has 0 saturated carbocycles. The van der Waals surface area contributed by atoms with Crippen molar-refractivity contribution in [2.45, 2.75) is 6.42 Å². The van der Waals surface area contributed by atoms with Gasteiger partial charge in [0.2, 0.25) is 0 Å². The van der Waals surface area contributed by atoms with E-state index < -0.39 is 0 Å². The molecule has 0 heterocycles. The van der Waals surface area contributed by atoms with Crippen molar-refractivity contribution >= 4 is 56.5 Å². The lowest BCUT2D eigenvalue weighted by molar-refractivity contribution is 0.0993. The van der Waals surface area contributed by atoms with Crippen molar-refractivity contribution in [3.63, 3.8) is 0 Å². The molecule has 5 heteroatoms. The molecule has 19 heavy (non-hydrogen) atoms. The molecule has 0 unspecified atom stereocenters. The molecule has 2 rings (SSSR count). The van der Waals surface area contributed by atoms with Gasteiger partial charge in [-0.05, 0) is 35.9 Å². The van der Waals surface area contributed by atoms with Gasteiger partial charge < -0.3 is 0 Å². The molecule has 2 aromatic carbocycles. The second-order valence-corrected chi connectivity index (χ2v) is 6.06. The van der Waals surface area contributed by atoms with Crippen molar-refractivity contribution in [1.82, 2.24) is 0 Å². The van der Waals surface area contributed by atoms with Crippen molar-refractivity contribution < 1.29 is 4.79 Å². The van der Waals surface area contributed by atoms with Crippen molar-refractivity contribution in [1.29, 1.82) is 0 Å². The zero-order chi connectivity index (χ0) is 14.0. The molecule has 0 aliphatic heterocycles. The SMILES string of the molecule is O=C(Cc1c(Cl)cccc1Cl)c1cc(Br)ccc1Cl. The molecule has 0 aromatic heterocycles. The van der Waals surface area contributed by atoms with Gasteiger partial charge in [0.15, 0.2) is 5.78 Å². The fourth-order valence-electron chi connectivity index (χ4n) is 1.67. The van der Waals surface area contributed by atoms with E-state index in [4.69, 9.17) is 34.8 Å². The van der Waals surface area contributed by atoms with E-state index in [0.29, 0.717) is 26.2 Å². The minimum absolute atomic E-state index is 0.120. The Morgan fingerprint density at radius 3 is 2.26 bits per heavy atom. The molecule has 1 nitrogen and oxygen atoms in total. The molecule has 0 N–H and O–H groups in total. The standard InChI is InChI=1S/C14H8BrCl3O/c15-8-4-5-13(18)10(6-8)14(19)7-9-11(16)2-1-3-12(9)17/h1-6H,7H2. The first-order valence-corrected chi connectivity index (χ1v) is 7.33. The Labute approximate surface area is 134 Å². The van der Waals surface area contributed by atoms with E-state index in [2.05, 4.69) is 15.9 Å². The molecule has 2 aromatic rings. The quantitative estimate of drug-likeness (QED) is 0.614. The van der Waals surface area contributed by atoms with Crippen molar-refractivity contribution in [2.75, 3.05) is 0 Å². The van der Waals surface area contributed by atoms with E-state index >= 15 is 0 Å². The van der Waals surface area contributed by atoms with Crippen LogP contribution in [0.2, 0.25) is 15.1 Å². The van der Waals surface area contributed by atoms with E-state index in [9.17, 15) is 4.79 Å². The average molecular weight is 378 g/mol. The smallest absolute Gasteiger partial charge is 0.168 e. The summed E-state index contributed by atoms with van der Waals surface area (Å²) in [5.74, 6) is -0.124. The summed E-state index contributed by atoms with van der Waals surface area (Å²) >= 11 is 21.5. The zero-order valence-electron chi connectivity index (χ0n) is 9.59. The molecule has 0 fully saturated rings. The number of rotatable bonds is 3. The summed E-state index contributed by atoms with van der Waals surface area (Å²) in [7, 11) is 0. The van der Waals surface area contributed by atoms with Crippen LogP contribution < -0.4 is 0 Å². The van der Waals surface area contributed by atoms with Gasteiger partial charge in [0, 0.05) is 26.5 Å². The average Bonchev–Trinajstić information content (AvgIpc) is 2.37. The normalized spacial score (nSPS) is 10.5. The van der Waals surface area contributed by atoms with Crippen LogP contribution >= 0.6 is 50.7 Å². The van der Waals surface area contributed by atoms with Gasteiger partial charge in [-0.3, -0.25) is 4.79 Å². The Morgan fingerprint density at radius 1 is 1.00 bits per heavy atom. The van der Waals surface area contributed by atoms with Crippen molar-refractivity contribution in [2.24, 2.45) is 0 Å². The Balaban J connectivity index is 2.34. The van der Waals surface area contributed by atoms with E-state index in [1.54, 1.807) is 36.4 Å². The highest BCUT2D eigenvalue weighted by molar-refractivity contribution is 9.10. The molecule has 0 aliphatic rings. The molecule has 0 bridgehead atoms. The summed E-state index contributed by atoms with van der Waals surface area (Å²) in [6.45, 7) is 0. The summed E-state index contributed by atoms with van der Waals surface area (Å²) < 4.78 is 0.797. The molecule has 0 aliphatic carbocycles. The molecule has 0 saturated heterocycles. The van der Waals surface area contributed by atoms with E-state index in [0.717, 1.165) is 4.47 Å². The third-order valence-corrected chi connectivity index (χ3v) is 4.16. The van der Waals surface area contributed by atoms with Gasteiger partial charge in [-0.25, -0.2) is 0 Å². The maximum Gasteiger partial charge on any atom is 0.168 e. The number of ketones is 1. The minimum atomic E-state index is -0.124. The third-order valence-electron chi connectivity index (χ3n) is 2.63. The zero-order valence-corrected chi connectivity index (χ0v) is 13.4. The second kappa shape index (κ2) is 6.27. The Hall–Kier alpha value is -0.540. The van der Waals surface area contributed by atoms with E-state index in [-0.39, 0.29) is 12.2 Å². The molecule has 0 amide bonds. The first-order valence-electron chi connectivity index (χ1n) is 5.40. The molecule has 0 radical (unpaired) electrons. The first-order chi connectivity index (χ1) is 8.99. The number of carbonyl (C=O) groups excluding carboxylic acids is 1. The summed E-state index contributed by atoms with van der Waals surface area (Å²) in [5, 5.41) is 1.37. The lowest BCUT2D eigenvalue weighted by Gasteiger charge is -2.08. The van der Waals surface area contributed by atoms with Crippen LogP contribution in [0, 0.1) is 0 Å². The maximum absolute atomic E-state index is 12.3. The highest BCUT2D eigenvalue weighted by Crippen LogP contribution is 2.28. The number of carbonyl (C=O) groups is 1. The Kier molecular flexibility index (Phi) is 4.91. The van der Waals surface area contributed by atoms with E-state index in [1.807, 2.05) is 0 Å². The minimum Gasteiger partial charge on any atom is -0.294 e. The van der Waals surface area contributed by atoms with Crippen molar-refractivity contribution in [3.05, 3.63) is 67.1 Å². The number of Topliss-reactive ketones (excluding diaryl/α,β-unsaturated/α-hetero) is 1. The lowest BCUT2D eigenvalue weighted by Crippen LogP contribution is -2.05. The van der Waals surface area contributed by atoms with Gasteiger partial charge in [0.1, 0.15) is 0 Å². The molecular formula is C14H8BrCl3O. The van der Waals surface area contributed by atoms with Gasteiger partial charge in [-0.1, -0.05) is 56.8 Å². The van der Waals surface area contributed by atoms with Crippen LogP contribution in [0.15, 0.2) is 40.9 Å². The molecule has 0 spiro atoms. The lowest BCUT2D eigenvalue weighted by atomic mass is 10.0. The number of hydrogen-bond acceptors (Lipinski definition) is 1. The van der Waals surface area contributed by atoms with E-state index in [1.165, 1.54) is 0 Å². The second-order valence-electron chi connectivity index (χ2n) is 3.92. The fourth-order valence-corrected chi connectivity index (χ4v) is 2.78. The molecule has 98 valence electrons. The first kappa shape index (κ1) is 14.9. The van der Waals surface area contributed by atoms with Crippen LogP contribution in [0.25, 0.3) is 0 Å². The van der Waals surface area contributed by atoms with Crippen LogP contribution in [0.3, 0.4) is 0 Å². The predicted octanol–water partition coefficient (Wildman–Crippen LogP) is 5.83. The Morgan fingerprint density at radius 2 is 1.63 bits per heavy atom. The molecular weight excluding hydrogens is 370 g/mol.